The second kappa shape index (κ2) is 11.7. The standard InChI is InChI=1S/C29H31Cl2N7O2/c1-33-24(39)13-15-36(2)23-16-25(37-14-5-6-19(17-37)28(32)40)38-29(34-23)26(18-9-11-20(30)12-10-18)27(35-38)21-7-3-4-8-22(21)31/h3-4,7-12,16,19H,5-6,13-15,17H2,1-2H3,(H2,32,40)(H,33,39)/t19-/m1/s1. The van der Waals surface area contributed by atoms with Crippen LogP contribution in [0.25, 0.3) is 28.0 Å². The number of benzene rings is 2. The van der Waals surface area contributed by atoms with Crippen molar-refractivity contribution < 1.29 is 9.59 Å². The van der Waals surface area contributed by atoms with Gasteiger partial charge in [-0.25, -0.2) is 4.98 Å². The van der Waals surface area contributed by atoms with E-state index in [1.54, 1.807) is 7.05 Å². The van der Waals surface area contributed by atoms with E-state index in [2.05, 4.69) is 10.2 Å². The molecule has 9 nitrogen and oxygen atoms in total. The fourth-order valence-electron chi connectivity index (χ4n) is 5.06. The van der Waals surface area contributed by atoms with Crippen LogP contribution in [0.1, 0.15) is 19.3 Å². The molecule has 0 bridgehead atoms. The number of aromatic nitrogens is 3. The van der Waals surface area contributed by atoms with Gasteiger partial charge >= 0.3 is 0 Å². The maximum Gasteiger partial charge on any atom is 0.222 e. The number of hydrogen-bond acceptors (Lipinski definition) is 6. The fourth-order valence-corrected chi connectivity index (χ4v) is 5.41. The molecule has 0 unspecified atom stereocenters. The Morgan fingerprint density at radius 2 is 1.90 bits per heavy atom. The molecule has 1 aliphatic heterocycles. The average molecular weight is 581 g/mol. The molecule has 1 aliphatic rings. The first-order chi connectivity index (χ1) is 19.3. The molecular formula is C29H31Cl2N7O2. The minimum Gasteiger partial charge on any atom is -0.369 e. The van der Waals surface area contributed by atoms with Gasteiger partial charge in [-0.05, 0) is 36.6 Å². The van der Waals surface area contributed by atoms with Gasteiger partial charge in [0, 0.05) is 56.8 Å². The smallest absolute Gasteiger partial charge is 0.222 e. The molecule has 2 aromatic heterocycles. The van der Waals surface area contributed by atoms with Crippen molar-refractivity contribution in [1.82, 2.24) is 19.9 Å². The molecular weight excluding hydrogens is 549 g/mol. The molecule has 0 spiro atoms. The van der Waals surface area contributed by atoms with E-state index < -0.39 is 0 Å². The molecule has 5 rings (SSSR count). The van der Waals surface area contributed by atoms with Crippen LogP contribution in [0.4, 0.5) is 11.6 Å². The third kappa shape index (κ3) is 5.57. The Balaban J connectivity index is 1.75. The van der Waals surface area contributed by atoms with E-state index in [0.717, 1.165) is 41.9 Å². The normalized spacial score (nSPS) is 15.3. The van der Waals surface area contributed by atoms with Crippen molar-refractivity contribution in [2.75, 3.05) is 43.5 Å². The van der Waals surface area contributed by atoms with Crippen LogP contribution in [-0.2, 0) is 9.59 Å². The number of amides is 2. The highest BCUT2D eigenvalue weighted by atomic mass is 35.5. The zero-order chi connectivity index (χ0) is 28.4. The second-order valence-corrected chi connectivity index (χ2v) is 10.8. The van der Waals surface area contributed by atoms with Gasteiger partial charge in [-0.1, -0.05) is 53.5 Å². The molecule has 3 heterocycles. The van der Waals surface area contributed by atoms with E-state index in [4.69, 9.17) is 39.0 Å². The molecule has 1 fully saturated rings. The molecule has 0 saturated carbocycles. The lowest BCUT2D eigenvalue weighted by molar-refractivity contribution is -0.122. The van der Waals surface area contributed by atoms with E-state index in [1.165, 1.54) is 0 Å². The average Bonchev–Trinajstić information content (AvgIpc) is 3.35. The van der Waals surface area contributed by atoms with E-state index in [1.807, 2.05) is 71.1 Å². The molecule has 40 heavy (non-hydrogen) atoms. The van der Waals surface area contributed by atoms with Gasteiger partial charge < -0.3 is 20.9 Å². The Morgan fingerprint density at radius 1 is 1.15 bits per heavy atom. The van der Waals surface area contributed by atoms with E-state index in [0.29, 0.717) is 46.7 Å². The summed E-state index contributed by atoms with van der Waals surface area (Å²) in [5.74, 6) is 0.832. The summed E-state index contributed by atoms with van der Waals surface area (Å²) in [5.41, 5.74) is 9.47. The summed E-state index contributed by atoms with van der Waals surface area (Å²) in [7, 11) is 3.53. The first kappa shape index (κ1) is 27.7. The summed E-state index contributed by atoms with van der Waals surface area (Å²) in [4.78, 5) is 33.3. The number of fused-ring (bicyclic) bond motifs is 1. The highest BCUT2D eigenvalue weighted by molar-refractivity contribution is 6.33. The number of primary amides is 1. The Hall–Kier alpha value is -3.82. The topological polar surface area (TPSA) is 109 Å². The molecule has 1 saturated heterocycles. The van der Waals surface area contributed by atoms with Crippen LogP contribution in [0.2, 0.25) is 10.0 Å². The second-order valence-electron chi connectivity index (χ2n) is 9.95. The highest BCUT2D eigenvalue weighted by Gasteiger charge is 2.29. The molecule has 208 valence electrons. The minimum atomic E-state index is -0.308. The van der Waals surface area contributed by atoms with Crippen molar-refractivity contribution in [1.29, 1.82) is 0 Å². The van der Waals surface area contributed by atoms with Gasteiger partial charge in [0.1, 0.15) is 17.3 Å². The SMILES string of the molecule is CNC(=O)CCN(C)c1cc(N2CCC[C@@H](C(N)=O)C2)n2nc(-c3ccccc3Cl)c(-c3ccc(Cl)cc3)c2n1. The molecule has 11 heteroatoms. The van der Waals surface area contributed by atoms with Gasteiger partial charge in [0.2, 0.25) is 11.8 Å². The molecule has 1 atom stereocenters. The first-order valence-electron chi connectivity index (χ1n) is 13.2. The maximum atomic E-state index is 12.1. The number of halogens is 2. The predicted octanol–water partition coefficient (Wildman–Crippen LogP) is 4.64. The van der Waals surface area contributed by atoms with Crippen LogP contribution < -0.4 is 20.9 Å². The molecule has 4 aromatic rings. The van der Waals surface area contributed by atoms with Crippen LogP contribution in [0.15, 0.2) is 54.6 Å². The maximum absolute atomic E-state index is 12.1. The van der Waals surface area contributed by atoms with Crippen molar-refractivity contribution in [2.24, 2.45) is 11.7 Å². The lowest BCUT2D eigenvalue weighted by Gasteiger charge is -2.33. The highest BCUT2D eigenvalue weighted by Crippen LogP contribution is 2.40. The molecule has 2 aromatic carbocycles. The summed E-state index contributed by atoms with van der Waals surface area (Å²) in [6.07, 6.45) is 1.89. The number of rotatable bonds is 8. The van der Waals surface area contributed by atoms with Crippen molar-refractivity contribution in [3.05, 3.63) is 64.6 Å². The molecule has 2 amide bonds. The summed E-state index contributed by atoms with van der Waals surface area (Å²) in [6.45, 7) is 1.68. The third-order valence-electron chi connectivity index (χ3n) is 7.31. The number of nitrogens with one attached hydrogen (secondary N) is 1. The Bertz CT molecular complexity index is 1550. The van der Waals surface area contributed by atoms with Gasteiger partial charge in [-0.2, -0.15) is 9.61 Å². The number of piperidine rings is 1. The number of carbonyl (C=O) groups excluding carboxylic acids is 2. The van der Waals surface area contributed by atoms with Gasteiger partial charge in [0.25, 0.3) is 0 Å². The van der Waals surface area contributed by atoms with Crippen LogP contribution in [0.3, 0.4) is 0 Å². The van der Waals surface area contributed by atoms with Crippen molar-refractivity contribution in [3.63, 3.8) is 0 Å². The number of anilines is 2. The molecule has 3 N–H and O–H groups in total. The van der Waals surface area contributed by atoms with Gasteiger partial charge in [-0.15, -0.1) is 0 Å². The quantitative estimate of drug-likeness (QED) is 0.314. The van der Waals surface area contributed by atoms with Crippen molar-refractivity contribution in [3.8, 4) is 22.4 Å². The minimum absolute atomic E-state index is 0.0549. The van der Waals surface area contributed by atoms with Crippen LogP contribution >= 0.6 is 23.2 Å². The van der Waals surface area contributed by atoms with Crippen molar-refractivity contribution in [2.45, 2.75) is 19.3 Å². The van der Waals surface area contributed by atoms with E-state index in [9.17, 15) is 9.59 Å². The van der Waals surface area contributed by atoms with Gasteiger partial charge in [0.05, 0.1) is 16.5 Å². The van der Waals surface area contributed by atoms with Crippen LogP contribution in [0, 0.1) is 5.92 Å². The van der Waals surface area contributed by atoms with Crippen LogP contribution in [-0.4, -0.2) is 60.1 Å². The van der Waals surface area contributed by atoms with E-state index >= 15 is 0 Å². The molecule has 0 aliphatic carbocycles. The van der Waals surface area contributed by atoms with Crippen molar-refractivity contribution >= 4 is 52.3 Å². The Labute approximate surface area is 242 Å². The monoisotopic (exact) mass is 579 g/mol. The van der Waals surface area contributed by atoms with Crippen LogP contribution in [0.5, 0.6) is 0 Å². The largest absolute Gasteiger partial charge is 0.369 e. The fraction of sp³-hybridized carbons (Fsp3) is 0.310. The zero-order valence-corrected chi connectivity index (χ0v) is 23.9. The first-order valence-corrected chi connectivity index (χ1v) is 13.9. The third-order valence-corrected chi connectivity index (χ3v) is 7.89. The van der Waals surface area contributed by atoms with Gasteiger partial charge in [-0.3, -0.25) is 9.59 Å². The van der Waals surface area contributed by atoms with E-state index in [-0.39, 0.29) is 17.7 Å². The number of nitrogens with zero attached hydrogens (tertiary/aromatic N) is 5. The number of nitrogens with two attached hydrogens (primary N) is 1. The number of carbonyl (C=O) groups is 2. The lowest BCUT2D eigenvalue weighted by atomic mass is 9.97. The predicted molar refractivity (Wildman–Crippen MR) is 160 cm³/mol. The van der Waals surface area contributed by atoms with Gasteiger partial charge in [0.15, 0.2) is 5.65 Å². The summed E-state index contributed by atoms with van der Waals surface area (Å²) < 4.78 is 1.82. The Morgan fingerprint density at radius 3 is 2.60 bits per heavy atom. The molecule has 0 radical (unpaired) electrons. The summed E-state index contributed by atoms with van der Waals surface area (Å²) in [5, 5.41) is 8.92. The Kier molecular flexibility index (Phi) is 8.14. The zero-order valence-electron chi connectivity index (χ0n) is 22.4. The summed E-state index contributed by atoms with van der Waals surface area (Å²) >= 11 is 12.9. The lowest BCUT2D eigenvalue weighted by Crippen LogP contribution is -2.42. The number of hydrogen-bond donors (Lipinski definition) is 2. The summed E-state index contributed by atoms with van der Waals surface area (Å²) in [6, 6.07) is 17.1.